The number of aryl methyl sites for hydroxylation is 1. The molecule has 0 aliphatic carbocycles. The first-order valence-electron chi connectivity index (χ1n) is 19.0. The van der Waals surface area contributed by atoms with Crippen LogP contribution < -0.4 is 14.4 Å². The molecule has 0 bridgehead atoms. The fourth-order valence-corrected chi connectivity index (χ4v) is 8.44. The van der Waals surface area contributed by atoms with Crippen LogP contribution in [0.15, 0.2) is 91.0 Å². The molecule has 0 spiro atoms. The van der Waals surface area contributed by atoms with Crippen LogP contribution in [-0.4, -0.2) is 77.0 Å². The summed E-state index contributed by atoms with van der Waals surface area (Å²) in [6.07, 6.45) is 3.41. The van der Waals surface area contributed by atoms with E-state index in [2.05, 4.69) is 27.7 Å². The number of carbonyl (C=O) groups excluding carboxylic acids is 2. The zero-order chi connectivity index (χ0) is 36.8. The van der Waals surface area contributed by atoms with Gasteiger partial charge in [0.15, 0.2) is 11.5 Å². The van der Waals surface area contributed by atoms with Crippen LogP contribution in [0.2, 0.25) is 0 Å². The summed E-state index contributed by atoms with van der Waals surface area (Å²) in [6, 6.07) is 28.7. The largest absolute Gasteiger partial charge is 0.508 e. The number of nitrogens with zero attached hydrogens (tertiary/aromatic N) is 4. The first-order valence-corrected chi connectivity index (χ1v) is 19.0. The van der Waals surface area contributed by atoms with Gasteiger partial charge in [-0.05, 0) is 98.3 Å². The molecule has 4 aromatic carbocycles. The van der Waals surface area contributed by atoms with E-state index >= 15 is 4.79 Å². The van der Waals surface area contributed by atoms with Gasteiger partial charge in [-0.2, -0.15) is 0 Å². The number of rotatable bonds is 7. The van der Waals surface area contributed by atoms with Crippen LogP contribution in [0.25, 0.3) is 11.3 Å². The number of halogens is 1. The van der Waals surface area contributed by atoms with E-state index in [0.717, 1.165) is 85.6 Å². The third kappa shape index (κ3) is 7.06. The number of carbonyl (C=O) groups is 2. The molecular formula is C44H45ClN4O6. The van der Waals surface area contributed by atoms with Gasteiger partial charge >= 0.3 is 0 Å². The Balaban J connectivity index is 0.00000427. The average molecular weight is 761 g/mol. The minimum absolute atomic E-state index is 0. The van der Waals surface area contributed by atoms with E-state index in [1.54, 1.807) is 29.2 Å². The third-order valence-electron chi connectivity index (χ3n) is 11.3. The summed E-state index contributed by atoms with van der Waals surface area (Å²) >= 11 is 0. The Morgan fingerprint density at radius 1 is 0.818 bits per heavy atom. The molecule has 2 amide bonds. The first-order chi connectivity index (χ1) is 26.4. The predicted molar refractivity (Wildman–Crippen MR) is 213 cm³/mol. The van der Waals surface area contributed by atoms with Crippen molar-refractivity contribution in [1.29, 1.82) is 0 Å². The number of benzene rings is 4. The van der Waals surface area contributed by atoms with Crippen molar-refractivity contribution < 1.29 is 28.9 Å². The zero-order valence-electron chi connectivity index (χ0n) is 30.9. The number of phenolic OH excluding ortho intramolecular Hbond substituents is 1. The van der Waals surface area contributed by atoms with Gasteiger partial charge in [0.25, 0.3) is 11.8 Å². The molecule has 55 heavy (non-hydrogen) atoms. The van der Waals surface area contributed by atoms with Gasteiger partial charge in [-0.25, -0.2) is 0 Å². The van der Waals surface area contributed by atoms with Crippen molar-refractivity contribution in [2.45, 2.75) is 51.7 Å². The number of aromatic nitrogens is 1. The second kappa shape index (κ2) is 15.5. The van der Waals surface area contributed by atoms with Crippen LogP contribution in [0.4, 0.5) is 11.4 Å². The number of aromatic hydroxyl groups is 1. The van der Waals surface area contributed by atoms with E-state index in [0.29, 0.717) is 48.1 Å². The van der Waals surface area contributed by atoms with Gasteiger partial charge in [-0.1, -0.05) is 42.0 Å². The number of phenols is 1. The molecule has 1 saturated heterocycles. The summed E-state index contributed by atoms with van der Waals surface area (Å²) in [5.74, 6) is 1.01. The van der Waals surface area contributed by atoms with Crippen molar-refractivity contribution in [1.82, 2.24) is 14.4 Å². The number of anilines is 2. The molecule has 0 saturated carbocycles. The SMILES string of the molecule is Cc1ccc(N(C(=O)c2cc(-c3cc4c(cc3C(=O)N3Cc5ccccc5C[C@H]3CN3CCOCC3)OCO4)n3c2CCCC3)c2ccc(O)cc2)cc1.Cl. The molecule has 11 heteroatoms. The maximum absolute atomic E-state index is 15.2. The van der Waals surface area contributed by atoms with Gasteiger partial charge in [-0.3, -0.25) is 19.4 Å². The lowest BCUT2D eigenvalue weighted by atomic mass is 9.92. The lowest BCUT2D eigenvalue weighted by Gasteiger charge is -2.40. The molecular weight excluding hydrogens is 716 g/mol. The molecule has 0 unspecified atom stereocenters. The Morgan fingerprint density at radius 3 is 2.25 bits per heavy atom. The number of fused-ring (bicyclic) bond motifs is 3. The number of hydrogen-bond acceptors (Lipinski definition) is 7. The quantitative estimate of drug-likeness (QED) is 0.183. The molecule has 5 aromatic rings. The van der Waals surface area contributed by atoms with Gasteiger partial charge in [0.1, 0.15) is 5.75 Å². The number of amides is 2. The Kier molecular flexibility index (Phi) is 10.3. The van der Waals surface area contributed by atoms with E-state index < -0.39 is 0 Å². The van der Waals surface area contributed by atoms with E-state index in [-0.39, 0.29) is 42.8 Å². The second-order valence-corrected chi connectivity index (χ2v) is 14.7. The third-order valence-corrected chi connectivity index (χ3v) is 11.3. The van der Waals surface area contributed by atoms with Crippen molar-refractivity contribution >= 4 is 35.6 Å². The van der Waals surface area contributed by atoms with Crippen molar-refractivity contribution in [3.63, 3.8) is 0 Å². The molecule has 284 valence electrons. The number of morpholine rings is 1. The smallest absolute Gasteiger partial charge is 0.264 e. The van der Waals surface area contributed by atoms with Gasteiger partial charge < -0.3 is 28.8 Å². The van der Waals surface area contributed by atoms with Gasteiger partial charge in [-0.15, -0.1) is 12.4 Å². The lowest BCUT2D eigenvalue weighted by molar-refractivity contribution is 0.0193. The second-order valence-electron chi connectivity index (χ2n) is 14.7. The fourth-order valence-electron chi connectivity index (χ4n) is 8.44. The molecule has 1 aromatic heterocycles. The van der Waals surface area contributed by atoms with Gasteiger partial charge in [0.2, 0.25) is 6.79 Å². The Labute approximate surface area is 327 Å². The van der Waals surface area contributed by atoms with Crippen molar-refractivity contribution in [3.8, 4) is 28.5 Å². The summed E-state index contributed by atoms with van der Waals surface area (Å²) in [6.45, 7) is 7.15. The summed E-state index contributed by atoms with van der Waals surface area (Å²) in [5, 5.41) is 10.1. The zero-order valence-corrected chi connectivity index (χ0v) is 31.7. The van der Waals surface area contributed by atoms with Crippen LogP contribution in [0.3, 0.4) is 0 Å². The molecule has 10 nitrogen and oxygen atoms in total. The van der Waals surface area contributed by atoms with Gasteiger partial charge in [0, 0.05) is 67.1 Å². The van der Waals surface area contributed by atoms with E-state index in [9.17, 15) is 9.90 Å². The maximum atomic E-state index is 15.2. The monoisotopic (exact) mass is 760 g/mol. The Hall–Kier alpha value is -5.29. The minimum Gasteiger partial charge on any atom is -0.508 e. The molecule has 1 N–H and O–H groups in total. The topological polar surface area (TPSA) is 96.7 Å². The number of hydrogen-bond donors (Lipinski definition) is 1. The standard InChI is InChI=1S/C44H44N4O6.ClH/c1-29-9-11-32(12-10-29)48(33-13-15-35(49)16-14-33)44(51)38-23-40(46-17-5-4-8-39(38)46)36-24-41-42(54-28-53-41)25-37(36)43(50)47-26-31-7-3-2-6-30(31)22-34(47)27-45-18-20-52-21-19-45;/h2-3,6-7,9-16,23-25,34,49H,4-5,8,17-22,26-28H2,1H3;1H/t34-;/m0./s1. The van der Waals surface area contributed by atoms with Crippen molar-refractivity contribution in [2.24, 2.45) is 0 Å². The minimum atomic E-state index is -0.173. The van der Waals surface area contributed by atoms with Crippen LogP contribution in [-0.2, 0) is 30.7 Å². The lowest BCUT2D eigenvalue weighted by Crippen LogP contribution is -2.52. The molecule has 9 rings (SSSR count). The Morgan fingerprint density at radius 2 is 1.51 bits per heavy atom. The van der Waals surface area contributed by atoms with Crippen LogP contribution in [0, 0.1) is 6.92 Å². The van der Waals surface area contributed by atoms with Crippen LogP contribution >= 0.6 is 12.4 Å². The average Bonchev–Trinajstić information content (AvgIpc) is 3.83. The summed E-state index contributed by atoms with van der Waals surface area (Å²) in [4.78, 5) is 36.3. The highest BCUT2D eigenvalue weighted by atomic mass is 35.5. The molecule has 5 heterocycles. The molecule has 4 aliphatic heterocycles. The first kappa shape index (κ1) is 36.7. The predicted octanol–water partition coefficient (Wildman–Crippen LogP) is 7.53. The summed E-state index contributed by atoms with van der Waals surface area (Å²) in [5.41, 5.74) is 8.50. The highest BCUT2D eigenvalue weighted by Crippen LogP contribution is 2.43. The summed E-state index contributed by atoms with van der Waals surface area (Å²) in [7, 11) is 0. The molecule has 4 aliphatic rings. The van der Waals surface area contributed by atoms with Crippen molar-refractivity contribution in [3.05, 3.63) is 125 Å². The normalized spacial score (nSPS) is 17.5. The molecule has 0 radical (unpaired) electrons. The fraction of sp³-hybridized carbons (Fsp3) is 0.318. The highest BCUT2D eigenvalue weighted by Gasteiger charge is 2.36. The van der Waals surface area contributed by atoms with Crippen LogP contribution in [0.1, 0.15) is 55.9 Å². The van der Waals surface area contributed by atoms with Crippen molar-refractivity contribution in [2.75, 3.05) is 44.5 Å². The van der Waals surface area contributed by atoms with E-state index in [4.69, 9.17) is 14.2 Å². The Bertz CT molecular complexity index is 2170. The van der Waals surface area contributed by atoms with E-state index in [1.165, 1.54) is 5.56 Å². The molecule has 1 fully saturated rings. The summed E-state index contributed by atoms with van der Waals surface area (Å²) < 4.78 is 19.7. The maximum Gasteiger partial charge on any atom is 0.264 e. The van der Waals surface area contributed by atoms with Gasteiger partial charge in [0.05, 0.1) is 24.3 Å². The molecule has 1 atom stereocenters. The van der Waals surface area contributed by atoms with Crippen LogP contribution in [0.5, 0.6) is 17.2 Å². The highest BCUT2D eigenvalue weighted by molar-refractivity contribution is 6.13. The van der Waals surface area contributed by atoms with E-state index in [1.807, 2.05) is 60.4 Å². The number of ether oxygens (including phenoxy) is 3.